The van der Waals surface area contributed by atoms with E-state index in [9.17, 15) is 18.3 Å². The first kappa shape index (κ1) is 24.6. The number of nitrogen functional groups attached to an aromatic ring is 1. The number of hydrogen-bond donors (Lipinski definition) is 1. The van der Waals surface area contributed by atoms with Crippen LogP contribution in [0.2, 0.25) is 0 Å². The van der Waals surface area contributed by atoms with E-state index in [2.05, 4.69) is 5.10 Å². The van der Waals surface area contributed by atoms with Crippen molar-refractivity contribution in [1.29, 1.82) is 0 Å². The first-order chi connectivity index (χ1) is 9.43. The summed E-state index contributed by atoms with van der Waals surface area (Å²) in [5, 5.41) is 13.8. The Kier molecular flexibility index (Phi) is 12.3. The van der Waals surface area contributed by atoms with Gasteiger partial charge in [0, 0.05) is 12.8 Å². The third-order valence-corrected chi connectivity index (χ3v) is 1.90. The molecule has 22 heavy (non-hydrogen) atoms. The molecule has 9 heteroatoms. The minimum absolute atomic E-state index is 0. The average Bonchev–Trinajstić information content (AvgIpc) is 2.66. The second kappa shape index (κ2) is 11.0. The van der Waals surface area contributed by atoms with Crippen LogP contribution in [0.3, 0.4) is 0 Å². The SMILES string of the molecule is CC(C)(C)[O-].CCCOC(Cn1ccc(N)n1)C(F)(F)F.[K+]. The van der Waals surface area contributed by atoms with Gasteiger partial charge in [0.25, 0.3) is 0 Å². The van der Waals surface area contributed by atoms with Crippen molar-refractivity contribution in [3.05, 3.63) is 12.3 Å². The summed E-state index contributed by atoms with van der Waals surface area (Å²) in [4.78, 5) is 0. The largest absolute Gasteiger partial charge is 1.00 e. The van der Waals surface area contributed by atoms with Gasteiger partial charge < -0.3 is 15.6 Å². The zero-order valence-electron chi connectivity index (χ0n) is 13.8. The van der Waals surface area contributed by atoms with E-state index < -0.39 is 17.9 Å². The van der Waals surface area contributed by atoms with Crippen molar-refractivity contribution in [2.24, 2.45) is 0 Å². The Morgan fingerprint density at radius 2 is 1.86 bits per heavy atom. The summed E-state index contributed by atoms with van der Waals surface area (Å²) in [6, 6.07) is 1.44. The van der Waals surface area contributed by atoms with Crippen molar-refractivity contribution in [3.8, 4) is 0 Å². The molecule has 1 aromatic heterocycles. The molecule has 0 amide bonds. The Morgan fingerprint density at radius 3 is 2.18 bits per heavy atom. The number of anilines is 1. The molecular formula is C13H23F3KN3O2. The van der Waals surface area contributed by atoms with E-state index in [4.69, 9.17) is 10.5 Å². The molecule has 124 valence electrons. The Hall–Kier alpha value is 0.356. The molecule has 0 radical (unpaired) electrons. The summed E-state index contributed by atoms with van der Waals surface area (Å²) in [5.74, 6) is 0.191. The fourth-order valence-electron chi connectivity index (χ4n) is 1.16. The van der Waals surface area contributed by atoms with E-state index >= 15 is 0 Å². The fraction of sp³-hybridized carbons (Fsp3) is 0.769. The van der Waals surface area contributed by atoms with Gasteiger partial charge in [-0.05, 0) is 12.5 Å². The van der Waals surface area contributed by atoms with Crippen LogP contribution in [0, 0.1) is 0 Å². The number of aromatic nitrogens is 2. The van der Waals surface area contributed by atoms with Crippen molar-refractivity contribution >= 4 is 5.82 Å². The summed E-state index contributed by atoms with van der Waals surface area (Å²) in [7, 11) is 0. The minimum atomic E-state index is -4.39. The van der Waals surface area contributed by atoms with Gasteiger partial charge in [0.15, 0.2) is 6.10 Å². The van der Waals surface area contributed by atoms with Crippen molar-refractivity contribution in [3.63, 3.8) is 0 Å². The fourth-order valence-corrected chi connectivity index (χ4v) is 1.16. The van der Waals surface area contributed by atoms with Gasteiger partial charge in [-0.25, -0.2) is 0 Å². The first-order valence-corrected chi connectivity index (χ1v) is 6.61. The van der Waals surface area contributed by atoms with E-state index in [0.717, 1.165) is 4.68 Å². The van der Waals surface area contributed by atoms with Crippen LogP contribution < -0.4 is 62.2 Å². The number of alkyl halides is 3. The van der Waals surface area contributed by atoms with Crippen LogP contribution in [-0.4, -0.2) is 34.3 Å². The maximum absolute atomic E-state index is 12.5. The molecule has 0 aliphatic heterocycles. The van der Waals surface area contributed by atoms with Crippen LogP contribution in [0.4, 0.5) is 19.0 Å². The molecular weight excluding hydrogens is 326 g/mol. The Balaban J connectivity index is 0. The maximum atomic E-state index is 12.5. The van der Waals surface area contributed by atoms with E-state index in [1.54, 1.807) is 27.7 Å². The van der Waals surface area contributed by atoms with Gasteiger partial charge in [0.2, 0.25) is 0 Å². The van der Waals surface area contributed by atoms with Crippen molar-refractivity contribution < 1.29 is 74.4 Å². The van der Waals surface area contributed by atoms with Gasteiger partial charge in [-0.1, -0.05) is 27.7 Å². The van der Waals surface area contributed by atoms with Crippen LogP contribution in [0.1, 0.15) is 34.1 Å². The molecule has 0 saturated carbocycles. The Labute approximate surface area is 171 Å². The molecule has 0 aliphatic rings. The third-order valence-electron chi connectivity index (χ3n) is 1.90. The standard InChI is InChI=1S/C9H14F3N3O.C4H9O.K/c1-2-5-16-7(9(10,11)12)6-15-4-3-8(13)14-15;1-4(2,3)5;/h3-4,7H,2,5-6H2,1H3,(H2,13,14);1-3H3;/q;-1;+1. The zero-order chi connectivity index (χ0) is 16.7. The second-order valence-corrected chi connectivity index (χ2v) is 5.48. The van der Waals surface area contributed by atoms with Crippen LogP contribution in [0.15, 0.2) is 12.3 Å². The molecule has 1 unspecified atom stereocenters. The molecule has 0 bridgehead atoms. The Morgan fingerprint density at radius 1 is 1.36 bits per heavy atom. The minimum Gasteiger partial charge on any atom is -0.850 e. The zero-order valence-corrected chi connectivity index (χ0v) is 16.9. The van der Waals surface area contributed by atoms with Crippen molar-refractivity contribution in [2.45, 2.75) is 58.5 Å². The van der Waals surface area contributed by atoms with Gasteiger partial charge in [0.05, 0.1) is 6.54 Å². The molecule has 1 rings (SSSR count). The molecule has 2 N–H and O–H groups in total. The number of nitrogens with zero attached hydrogens (tertiary/aromatic N) is 2. The molecule has 1 atom stereocenters. The Bertz CT molecular complexity index is 400. The van der Waals surface area contributed by atoms with Gasteiger partial charge in [-0.15, -0.1) is 5.60 Å². The number of nitrogens with two attached hydrogens (primary N) is 1. The number of ether oxygens (including phenoxy) is 1. The maximum Gasteiger partial charge on any atom is 1.00 e. The average molecular weight is 349 g/mol. The molecule has 0 fully saturated rings. The third kappa shape index (κ3) is 14.0. The number of halogens is 3. The number of hydrogen-bond acceptors (Lipinski definition) is 4. The van der Waals surface area contributed by atoms with Crippen LogP contribution in [0.5, 0.6) is 0 Å². The van der Waals surface area contributed by atoms with E-state index in [0.29, 0.717) is 6.42 Å². The second-order valence-electron chi connectivity index (χ2n) is 5.48. The summed E-state index contributed by atoms with van der Waals surface area (Å²) >= 11 is 0. The summed E-state index contributed by atoms with van der Waals surface area (Å²) in [6.07, 6.45) is -4.31. The van der Waals surface area contributed by atoms with Crippen molar-refractivity contribution in [2.75, 3.05) is 12.3 Å². The molecule has 1 heterocycles. The molecule has 0 aromatic carbocycles. The van der Waals surface area contributed by atoms with Crippen LogP contribution >= 0.6 is 0 Å². The van der Waals surface area contributed by atoms with Crippen LogP contribution in [0.25, 0.3) is 0 Å². The quantitative estimate of drug-likeness (QED) is 0.690. The van der Waals surface area contributed by atoms with Crippen LogP contribution in [-0.2, 0) is 11.3 Å². The normalized spacial score (nSPS) is 12.9. The van der Waals surface area contributed by atoms with E-state index in [1.165, 1.54) is 12.3 Å². The molecule has 0 aliphatic carbocycles. The predicted octanol–water partition coefficient (Wildman–Crippen LogP) is -1.03. The van der Waals surface area contributed by atoms with Gasteiger partial charge in [0.1, 0.15) is 5.82 Å². The van der Waals surface area contributed by atoms with Gasteiger partial charge in [-0.3, -0.25) is 4.68 Å². The van der Waals surface area contributed by atoms with Crippen molar-refractivity contribution in [1.82, 2.24) is 9.78 Å². The monoisotopic (exact) mass is 349 g/mol. The van der Waals surface area contributed by atoms with E-state index in [-0.39, 0.29) is 70.4 Å². The molecule has 0 spiro atoms. The summed E-state index contributed by atoms with van der Waals surface area (Å²) in [6.45, 7) is 6.34. The molecule has 5 nitrogen and oxygen atoms in total. The molecule has 0 saturated heterocycles. The predicted molar refractivity (Wildman–Crippen MR) is 72.5 cm³/mol. The topological polar surface area (TPSA) is 76.1 Å². The molecule has 1 aromatic rings. The van der Waals surface area contributed by atoms with E-state index in [1.807, 2.05) is 0 Å². The van der Waals surface area contributed by atoms with Gasteiger partial charge >= 0.3 is 57.6 Å². The smallest absolute Gasteiger partial charge is 0.850 e. The number of rotatable bonds is 5. The summed E-state index contributed by atoms with van der Waals surface area (Å²) < 4.78 is 43.5. The first-order valence-electron chi connectivity index (χ1n) is 6.61. The van der Waals surface area contributed by atoms with Gasteiger partial charge in [-0.2, -0.15) is 18.3 Å². The summed E-state index contributed by atoms with van der Waals surface area (Å²) in [5.41, 5.74) is 4.56.